The van der Waals surface area contributed by atoms with Crippen LogP contribution in [0.4, 0.5) is 11.4 Å². The maximum atomic E-state index is 12.1. The largest absolute Gasteiger partial charge is 0.376 e. The lowest BCUT2D eigenvalue weighted by Crippen LogP contribution is -2.30. The minimum Gasteiger partial charge on any atom is -0.376 e. The molecule has 0 bridgehead atoms. The van der Waals surface area contributed by atoms with Crippen LogP contribution in [0.2, 0.25) is 0 Å². The first-order valence-electron chi connectivity index (χ1n) is 9.02. The van der Waals surface area contributed by atoms with Gasteiger partial charge in [-0.25, -0.2) is 0 Å². The molecule has 0 saturated heterocycles. The minimum absolute atomic E-state index is 0.0732. The van der Waals surface area contributed by atoms with Crippen molar-refractivity contribution in [2.45, 2.75) is 19.9 Å². The number of carbonyl (C=O) groups is 3. The molecule has 0 aliphatic rings. The maximum absolute atomic E-state index is 12.1. The Bertz CT molecular complexity index is 828. The van der Waals surface area contributed by atoms with Crippen LogP contribution in [-0.2, 0) is 4.79 Å². The van der Waals surface area contributed by atoms with Gasteiger partial charge in [0.25, 0.3) is 11.8 Å². The highest BCUT2D eigenvalue weighted by molar-refractivity contribution is 5.97. The van der Waals surface area contributed by atoms with Crippen molar-refractivity contribution in [3.63, 3.8) is 0 Å². The summed E-state index contributed by atoms with van der Waals surface area (Å²) >= 11 is 0. The zero-order valence-corrected chi connectivity index (χ0v) is 16.6. The van der Waals surface area contributed by atoms with Gasteiger partial charge < -0.3 is 20.9 Å². The first-order valence-corrected chi connectivity index (χ1v) is 9.02. The van der Waals surface area contributed by atoms with Gasteiger partial charge in [-0.05, 0) is 62.4 Å². The van der Waals surface area contributed by atoms with Gasteiger partial charge in [-0.2, -0.15) is 0 Å². The number of rotatable bonds is 7. The molecule has 2 rings (SSSR count). The van der Waals surface area contributed by atoms with Gasteiger partial charge >= 0.3 is 0 Å². The van der Waals surface area contributed by atoms with E-state index in [1.54, 1.807) is 62.6 Å². The molecular formula is C21H26N4O3. The number of amides is 3. The van der Waals surface area contributed by atoms with Crippen LogP contribution in [0.15, 0.2) is 48.5 Å². The number of hydrogen-bond acceptors (Lipinski definition) is 4. The van der Waals surface area contributed by atoms with E-state index >= 15 is 0 Å². The molecule has 0 radical (unpaired) electrons. The summed E-state index contributed by atoms with van der Waals surface area (Å²) in [6, 6.07) is 13.7. The standard InChI is InChI=1S/C21H26N4O3/c1-14(2)23-20(27)15-5-9-17(10-6-15)22-13-19(26)24-18-11-7-16(8-12-18)21(28)25(3)4/h5-12,14,22H,13H2,1-4H3,(H,23,27)(H,24,26). The summed E-state index contributed by atoms with van der Waals surface area (Å²) in [5.74, 6) is -0.436. The first kappa shape index (κ1) is 21.0. The fraction of sp³-hybridized carbons (Fsp3) is 0.286. The molecule has 0 heterocycles. The van der Waals surface area contributed by atoms with E-state index in [4.69, 9.17) is 0 Å². The summed E-state index contributed by atoms with van der Waals surface area (Å²) in [6.07, 6.45) is 0. The van der Waals surface area contributed by atoms with Crippen LogP contribution < -0.4 is 16.0 Å². The fourth-order valence-corrected chi connectivity index (χ4v) is 2.43. The molecule has 0 unspecified atom stereocenters. The van der Waals surface area contributed by atoms with E-state index < -0.39 is 0 Å². The Morgan fingerprint density at radius 1 is 0.857 bits per heavy atom. The number of hydrogen-bond donors (Lipinski definition) is 3. The number of benzene rings is 2. The second kappa shape index (κ2) is 9.55. The van der Waals surface area contributed by atoms with Crippen LogP contribution in [-0.4, -0.2) is 49.3 Å². The zero-order chi connectivity index (χ0) is 20.7. The smallest absolute Gasteiger partial charge is 0.253 e. The molecule has 2 aromatic rings. The molecule has 28 heavy (non-hydrogen) atoms. The summed E-state index contributed by atoms with van der Waals surface area (Å²) in [4.78, 5) is 37.4. The molecular weight excluding hydrogens is 356 g/mol. The lowest BCUT2D eigenvalue weighted by atomic mass is 10.2. The lowest BCUT2D eigenvalue weighted by Gasteiger charge is -2.12. The SMILES string of the molecule is CC(C)NC(=O)c1ccc(NCC(=O)Nc2ccc(C(=O)N(C)C)cc2)cc1. The van der Waals surface area contributed by atoms with E-state index in [0.29, 0.717) is 16.8 Å². The van der Waals surface area contributed by atoms with Gasteiger partial charge in [-0.1, -0.05) is 0 Å². The summed E-state index contributed by atoms with van der Waals surface area (Å²) in [7, 11) is 3.37. The number of anilines is 2. The van der Waals surface area contributed by atoms with Gasteiger partial charge in [0, 0.05) is 42.6 Å². The zero-order valence-electron chi connectivity index (χ0n) is 16.6. The van der Waals surface area contributed by atoms with Crippen molar-refractivity contribution in [1.29, 1.82) is 0 Å². The van der Waals surface area contributed by atoms with E-state index in [-0.39, 0.29) is 30.3 Å². The van der Waals surface area contributed by atoms with Crippen molar-refractivity contribution in [1.82, 2.24) is 10.2 Å². The first-order chi connectivity index (χ1) is 13.3. The highest BCUT2D eigenvalue weighted by Gasteiger charge is 2.09. The quantitative estimate of drug-likeness (QED) is 0.686. The van der Waals surface area contributed by atoms with Crippen LogP contribution in [0.1, 0.15) is 34.6 Å². The number of carbonyl (C=O) groups excluding carboxylic acids is 3. The third kappa shape index (κ3) is 6.12. The van der Waals surface area contributed by atoms with Gasteiger partial charge in [0.1, 0.15) is 0 Å². The van der Waals surface area contributed by atoms with Crippen molar-refractivity contribution in [3.8, 4) is 0 Å². The average Bonchev–Trinajstić information content (AvgIpc) is 2.66. The molecule has 3 amide bonds. The molecule has 148 valence electrons. The molecule has 0 aliphatic heterocycles. The normalized spacial score (nSPS) is 10.3. The monoisotopic (exact) mass is 382 g/mol. The Morgan fingerprint density at radius 2 is 1.39 bits per heavy atom. The molecule has 3 N–H and O–H groups in total. The number of nitrogens with zero attached hydrogens (tertiary/aromatic N) is 1. The lowest BCUT2D eigenvalue weighted by molar-refractivity contribution is -0.114. The van der Waals surface area contributed by atoms with E-state index in [0.717, 1.165) is 5.69 Å². The van der Waals surface area contributed by atoms with Crippen LogP contribution in [0, 0.1) is 0 Å². The van der Waals surface area contributed by atoms with Crippen molar-refractivity contribution in [2.75, 3.05) is 31.3 Å². The van der Waals surface area contributed by atoms with Crippen molar-refractivity contribution in [2.24, 2.45) is 0 Å². The molecule has 0 atom stereocenters. The predicted octanol–water partition coefficient (Wildman–Crippen LogP) is 2.58. The Labute approximate surface area is 165 Å². The second-order valence-electron chi connectivity index (χ2n) is 6.88. The Kier molecular flexibility index (Phi) is 7.14. The van der Waals surface area contributed by atoms with Crippen LogP contribution in [0.3, 0.4) is 0 Å². The summed E-state index contributed by atoms with van der Waals surface area (Å²) < 4.78 is 0. The molecule has 7 nitrogen and oxygen atoms in total. The Morgan fingerprint density at radius 3 is 1.93 bits per heavy atom. The van der Waals surface area contributed by atoms with E-state index in [1.807, 2.05) is 13.8 Å². The highest BCUT2D eigenvalue weighted by Crippen LogP contribution is 2.12. The minimum atomic E-state index is -0.215. The Balaban J connectivity index is 1.85. The molecule has 0 fully saturated rings. The van der Waals surface area contributed by atoms with Crippen molar-refractivity contribution in [3.05, 3.63) is 59.7 Å². The summed E-state index contributed by atoms with van der Waals surface area (Å²) in [6.45, 7) is 3.89. The predicted molar refractivity (Wildman–Crippen MR) is 111 cm³/mol. The van der Waals surface area contributed by atoms with E-state index in [2.05, 4.69) is 16.0 Å². The number of nitrogens with one attached hydrogen (secondary N) is 3. The van der Waals surface area contributed by atoms with Crippen LogP contribution in [0.5, 0.6) is 0 Å². The maximum Gasteiger partial charge on any atom is 0.253 e. The second-order valence-corrected chi connectivity index (χ2v) is 6.88. The molecule has 0 aliphatic carbocycles. The third-order valence-electron chi connectivity index (χ3n) is 3.84. The molecule has 0 aromatic heterocycles. The van der Waals surface area contributed by atoms with Gasteiger partial charge in [-0.15, -0.1) is 0 Å². The average molecular weight is 382 g/mol. The van der Waals surface area contributed by atoms with Crippen LogP contribution in [0.25, 0.3) is 0 Å². The van der Waals surface area contributed by atoms with Crippen LogP contribution >= 0.6 is 0 Å². The molecule has 0 saturated carbocycles. The van der Waals surface area contributed by atoms with Gasteiger partial charge in [0.05, 0.1) is 6.54 Å². The highest BCUT2D eigenvalue weighted by atomic mass is 16.2. The topological polar surface area (TPSA) is 90.5 Å². The third-order valence-corrected chi connectivity index (χ3v) is 3.84. The Hall–Kier alpha value is -3.35. The van der Waals surface area contributed by atoms with Gasteiger partial charge in [-0.3, -0.25) is 14.4 Å². The summed E-state index contributed by atoms with van der Waals surface area (Å²) in [5, 5.41) is 8.61. The van der Waals surface area contributed by atoms with Gasteiger partial charge in [0.2, 0.25) is 5.91 Å². The van der Waals surface area contributed by atoms with E-state index in [1.165, 1.54) is 4.90 Å². The van der Waals surface area contributed by atoms with Gasteiger partial charge in [0.15, 0.2) is 0 Å². The fourth-order valence-electron chi connectivity index (χ4n) is 2.43. The van der Waals surface area contributed by atoms with E-state index in [9.17, 15) is 14.4 Å². The van der Waals surface area contributed by atoms with Crippen molar-refractivity contribution >= 4 is 29.1 Å². The van der Waals surface area contributed by atoms with Crippen molar-refractivity contribution < 1.29 is 14.4 Å². The molecule has 0 spiro atoms. The summed E-state index contributed by atoms with van der Waals surface area (Å²) in [5.41, 5.74) is 2.48. The molecule has 2 aromatic carbocycles. The molecule has 7 heteroatoms.